The Labute approximate surface area is 166 Å². The molecule has 0 radical (unpaired) electrons. The van der Waals surface area contributed by atoms with Gasteiger partial charge in [-0.15, -0.1) is 0 Å². The van der Waals surface area contributed by atoms with Gasteiger partial charge in [0.1, 0.15) is 0 Å². The number of aryl methyl sites for hydroxylation is 1. The number of aromatic amines is 1. The molecule has 0 saturated carbocycles. The molecule has 1 amide bonds. The van der Waals surface area contributed by atoms with E-state index in [0.29, 0.717) is 13.0 Å². The van der Waals surface area contributed by atoms with Crippen molar-refractivity contribution in [2.24, 2.45) is 0 Å². The molecule has 4 rings (SSSR count). The number of para-hydroxylation sites is 1. The van der Waals surface area contributed by atoms with E-state index in [2.05, 4.69) is 51.6 Å². The van der Waals surface area contributed by atoms with Gasteiger partial charge in [-0.05, 0) is 55.1 Å². The molecule has 2 heterocycles. The maximum Gasteiger partial charge on any atom is 0.220 e. The number of fused-ring (bicyclic) bond motifs is 1. The number of amides is 1. The van der Waals surface area contributed by atoms with Crippen LogP contribution in [-0.4, -0.2) is 28.9 Å². The van der Waals surface area contributed by atoms with Crippen LogP contribution in [0.5, 0.6) is 0 Å². The molecule has 0 unspecified atom stereocenters. The molecule has 28 heavy (non-hydrogen) atoms. The summed E-state index contributed by atoms with van der Waals surface area (Å²) in [5, 5.41) is 4.26. The lowest BCUT2D eigenvalue weighted by molar-refractivity contribution is -0.121. The first-order valence-electron chi connectivity index (χ1n) is 10.4. The third-order valence-electron chi connectivity index (χ3n) is 5.66. The fraction of sp³-hybridized carbons (Fsp3) is 0.375. The molecule has 4 nitrogen and oxygen atoms in total. The first kappa shape index (κ1) is 18.8. The van der Waals surface area contributed by atoms with Crippen molar-refractivity contribution in [2.45, 2.75) is 45.2 Å². The largest absolute Gasteiger partial charge is 0.361 e. The van der Waals surface area contributed by atoms with Crippen molar-refractivity contribution in [1.29, 1.82) is 0 Å². The number of hydrogen-bond donors (Lipinski definition) is 2. The molecule has 1 aliphatic heterocycles. The number of benzene rings is 2. The van der Waals surface area contributed by atoms with Gasteiger partial charge in [-0.25, -0.2) is 0 Å². The Bertz CT molecular complexity index is 907. The zero-order valence-electron chi connectivity index (χ0n) is 16.4. The summed E-state index contributed by atoms with van der Waals surface area (Å²) in [6.07, 6.45) is 7.29. The van der Waals surface area contributed by atoms with Gasteiger partial charge < -0.3 is 10.3 Å². The number of carbonyl (C=O) groups is 1. The number of carbonyl (C=O) groups excluding carboxylic acids is 1. The van der Waals surface area contributed by atoms with E-state index in [1.165, 1.54) is 48.9 Å². The summed E-state index contributed by atoms with van der Waals surface area (Å²) < 4.78 is 0. The molecule has 0 spiro atoms. The van der Waals surface area contributed by atoms with Crippen molar-refractivity contribution < 1.29 is 4.79 Å². The molecule has 0 aliphatic carbocycles. The number of H-pyrrole nitrogens is 1. The Balaban J connectivity index is 1.23. The molecule has 0 atom stereocenters. The highest BCUT2D eigenvalue weighted by Gasteiger charge is 2.10. The van der Waals surface area contributed by atoms with E-state index in [1.807, 2.05) is 18.3 Å². The van der Waals surface area contributed by atoms with Crippen LogP contribution in [0, 0.1) is 0 Å². The Kier molecular flexibility index (Phi) is 6.07. The Morgan fingerprint density at radius 2 is 1.71 bits per heavy atom. The van der Waals surface area contributed by atoms with E-state index < -0.39 is 0 Å². The second kappa shape index (κ2) is 9.07. The molecule has 1 aromatic heterocycles. The molecule has 2 N–H and O–H groups in total. The van der Waals surface area contributed by atoms with E-state index in [9.17, 15) is 4.79 Å². The summed E-state index contributed by atoms with van der Waals surface area (Å²) in [5.74, 6) is 0.0997. The highest BCUT2D eigenvalue weighted by atomic mass is 16.1. The van der Waals surface area contributed by atoms with Gasteiger partial charge in [0.15, 0.2) is 0 Å². The molecular weight excluding hydrogens is 346 g/mol. The van der Waals surface area contributed by atoms with Gasteiger partial charge >= 0.3 is 0 Å². The number of hydrogen-bond acceptors (Lipinski definition) is 2. The number of rotatable bonds is 7. The molecular formula is C24H29N3O. The molecule has 4 heteroatoms. The van der Waals surface area contributed by atoms with Crippen LogP contribution < -0.4 is 5.32 Å². The van der Waals surface area contributed by atoms with Crippen LogP contribution in [0.2, 0.25) is 0 Å². The molecule has 1 saturated heterocycles. The predicted octanol–water partition coefficient (Wildman–Crippen LogP) is 4.40. The van der Waals surface area contributed by atoms with Crippen LogP contribution in [0.3, 0.4) is 0 Å². The lowest BCUT2D eigenvalue weighted by Crippen LogP contribution is -2.29. The van der Waals surface area contributed by atoms with E-state index in [0.717, 1.165) is 24.0 Å². The quantitative estimate of drug-likeness (QED) is 0.643. The highest BCUT2D eigenvalue weighted by molar-refractivity contribution is 5.84. The van der Waals surface area contributed by atoms with Crippen LogP contribution in [0.4, 0.5) is 0 Å². The van der Waals surface area contributed by atoms with Crippen molar-refractivity contribution in [3.8, 4) is 0 Å². The Hall–Kier alpha value is -2.59. The summed E-state index contributed by atoms with van der Waals surface area (Å²) in [5.41, 5.74) is 4.84. The fourth-order valence-electron chi connectivity index (χ4n) is 4.01. The van der Waals surface area contributed by atoms with E-state index in [-0.39, 0.29) is 5.91 Å². The van der Waals surface area contributed by atoms with E-state index in [4.69, 9.17) is 0 Å². The molecule has 0 bridgehead atoms. The van der Waals surface area contributed by atoms with Crippen LogP contribution in [-0.2, 0) is 24.3 Å². The molecule has 146 valence electrons. The predicted molar refractivity (Wildman–Crippen MR) is 114 cm³/mol. The van der Waals surface area contributed by atoms with E-state index in [1.54, 1.807) is 0 Å². The number of piperidine rings is 1. The third kappa shape index (κ3) is 4.82. The smallest absolute Gasteiger partial charge is 0.220 e. The molecule has 1 aliphatic rings. The van der Waals surface area contributed by atoms with Crippen LogP contribution in [0.25, 0.3) is 10.9 Å². The third-order valence-corrected chi connectivity index (χ3v) is 5.66. The minimum absolute atomic E-state index is 0.0997. The van der Waals surface area contributed by atoms with Crippen molar-refractivity contribution in [2.75, 3.05) is 13.1 Å². The van der Waals surface area contributed by atoms with Gasteiger partial charge in [0.05, 0.1) is 0 Å². The number of aromatic nitrogens is 1. The minimum atomic E-state index is 0.0997. The molecule has 1 fully saturated rings. The van der Waals surface area contributed by atoms with Crippen LogP contribution >= 0.6 is 0 Å². The van der Waals surface area contributed by atoms with Gasteiger partial charge in [-0.2, -0.15) is 0 Å². The number of nitrogens with one attached hydrogen (secondary N) is 2. The number of nitrogens with zero attached hydrogens (tertiary/aromatic N) is 1. The maximum absolute atomic E-state index is 12.2. The second-order valence-electron chi connectivity index (χ2n) is 7.79. The topological polar surface area (TPSA) is 48.1 Å². The monoisotopic (exact) mass is 375 g/mol. The first-order chi connectivity index (χ1) is 13.8. The average molecular weight is 376 g/mol. The minimum Gasteiger partial charge on any atom is -0.361 e. The van der Waals surface area contributed by atoms with Gasteiger partial charge in [0, 0.05) is 36.6 Å². The van der Waals surface area contributed by atoms with Gasteiger partial charge in [0.2, 0.25) is 5.91 Å². The summed E-state index contributed by atoms with van der Waals surface area (Å²) in [4.78, 5) is 18.1. The Morgan fingerprint density at radius 1 is 0.964 bits per heavy atom. The van der Waals surface area contributed by atoms with Crippen LogP contribution in [0.15, 0.2) is 54.7 Å². The van der Waals surface area contributed by atoms with Gasteiger partial charge in [0.25, 0.3) is 0 Å². The lowest BCUT2D eigenvalue weighted by Gasteiger charge is -2.26. The summed E-state index contributed by atoms with van der Waals surface area (Å²) in [7, 11) is 0. The standard InChI is InChI=1S/C24H29N3O/c28-24(13-12-21-17-25-23-7-3-2-6-22(21)23)26-16-19-8-10-20(11-9-19)18-27-14-4-1-5-15-27/h2-3,6-11,17,25H,1,4-5,12-16,18H2,(H,26,28). The van der Waals surface area contributed by atoms with Crippen molar-refractivity contribution in [1.82, 2.24) is 15.2 Å². The van der Waals surface area contributed by atoms with Gasteiger partial charge in [-0.3, -0.25) is 9.69 Å². The normalized spacial score (nSPS) is 15.0. The second-order valence-corrected chi connectivity index (χ2v) is 7.79. The van der Waals surface area contributed by atoms with Crippen molar-refractivity contribution in [3.05, 3.63) is 71.4 Å². The van der Waals surface area contributed by atoms with E-state index >= 15 is 0 Å². The first-order valence-corrected chi connectivity index (χ1v) is 10.4. The maximum atomic E-state index is 12.2. The molecule has 3 aromatic rings. The molecule has 2 aromatic carbocycles. The Morgan fingerprint density at radius 3 is 2.54 bits per heavy atom. The summed E-state index contributed by atoms with van der Waals surface area (Å²) in [6, 6.07) is 16.9. The highest BCUT2D eigenvalue weighted by Crippen LogP contribution is 2.19. The average Bonchev–Trinajstić information content (AvgIpc) is 3.16. The SMILES string of the molecule is O=C(CCc1c[nH]c2ccccc12)NCc1ccc(CN2CCCCC2)cc1. The van der Waals surface area contributed by atoms with Crippen molar-refractivity contribution >= 4 is 16.8 Å². The van der Waals surface area contributed by atoms with Crippen molar-refractivity contribution in [3.63, 3.8) is 0 Å². The summed E-state index contributed by atoms with van der Waals surface area (Å²) >= 11 is 0. The summed E-state index contributed by atoms with van der Waals surface area (Å²) in [6.45, 7) is 4.07. The van der Waals surface area contributed by atoms with Gasteiger partial charge in [-0.1, -0.05) is 48.9 Å². The number of likely N-dealkylation sites (tertiary alicyclic amines) is 1. The van der Waals surface area contributed by atoms with Crippen LogP contribution in [0.1, 0.15) is 42.4 Å². The zero-order chi connectivity index (χ0) is 19.2. The lowest BCUT2D eigenvalue weighted by atomic mass is 10.1. The zero-order valence-corrected chi connectivity index (χ0v) is 16.4. The fourth-order valence-corrected chi connectivity index (χ4v) is 4.01.